The second-order valence-corrected chi connectivity index (χ2v) is 4.96. The molecule has 1 aromatic heterocycles. The van der Waals surface area contributed by atoms with Crippen LogP contribution in [0.4, 0.5) is 0 Å². The van der Waals surface area contributed by atoms with Gasteiger partial charge in [0, 0.05) is 17.0 Å². The summed E-state index contributed by atoms with van der Waals surface area (Å²) in [5.74, 6) is 0.400. The molecule has 4 nitrogen and oxygen atoms in total. The Hall–Kier alpha value is -3.01. The number of phenols is 2. The molecule has 0 amide bonds. The van der Waals surface area contributed by atoms with E-state index in [9.17, 15) is 10.2 Å². The highest BCUT2D eigenvalue weighted by Gasteiger charge is 2.11. The highest BCUT2D eigenvalue weighted by Crippen LogP contribution is 2.32. The highest BCUT2D eigenvalue weighted by molar-refractivity contribution is 5.95. The van der Waals surface area contributed by atoms with Gasteiger partial charge in [0.05, 0.1) is 0 Å². The van der Waals surface area contributed by atoms with Crippen molar-refractivity contribution in [1.82, 2.24) is 5.16 Å². The molecule has 0 radical (unpaired) electrons. The van der Waals surface area contributed by atoms with Crippen molar-refractivity contribution >= 4 is 21.7 Å². The summed E-state index contributed by atoms with van der Waals surface area (Å²) in [6, 6.07) is 16.1. The van der Waals surface area contributed by atoms with Crippen molar-refractivity contribution in [3.05, 3.63) is 54.6 Å². The van der Waals surface area contributed by atoms with E-state index >= 15 is 0 Å². The van der Waals surface area contributed by atoms with Gasteiger partial charge in [0.2, 0.25) is 0 Å². The summed E-state index contributed by atoms with van der Waals surface area (Å²) >= 11 is 0. The van der Waals surface area contributed by atoms with E-state index in [0.717, 1.165) is 27.4 Å². The van der Waals surface area contributed by atoms with Crippen LogP contribution in [0.2, 0.25) is 0 Å². The number of hydrogen-bond donors (Lipinski definition) is 2. The van der Waals surface area contributed by atoms with Crippen LogP contribution in [0.3, 0.4) is 0 Å². The van der Waals surface area contributed by atoms with Crippen molar-refractivity contribution in [2.75, 3.05) is 0 Å². The Morgan fingerprint density at radius 3 is 2.38 bits per heavy atom. The maximum atomic E-state index is 9.50. The van der Waals surface area contributed by atoms with E-state index in [1.807, 2.05) is 24.3 Å². The Labute approximate surface area is 119 Å². The van der Waals surface area contributed by atoms with Gasteiger partial charge in [0.15, 0.2) is 5.58 Å². The molecule has 0 atom stereocenters. The molecule has 0 aliphatic carbocycles. The fraction of sp³-hybridized carbons (Fsp3) is 0. The molecular weight excluding hydrogens is 266 g/mol. The van der Waals surface area contributed by atoms with Crippen LogP contribution >= 0.6 is 0 Å². The number of benzene rings is 3. The monoisotopic (exact) mass is 277 g/mol. The van der Waals surface area contributed by atoms with Gasteiger partial charge in [0.25, 0.3) is 0 Å². The predicted octanol–water partition coefficient (Wildman–Crippen LogP) is 4.06. The molecule has 0 spiro atoms. The summed E-state index contributed by atoms with van der Waals surface area (Å²) in [6.07, 6.45) is 0. The lowest BCUT2D eigenvalue weighted by Gasteiger charge is -2.02. The van der Waals surface area contributed by atoms with Crippen LogP contribution < -0.4 is 0 Å². The van der Waals surface area contributed by atoms with Gasteiger partial charge in [-0.25, -0.2) is 0 Å². The van der Waals surface area contributed by atoms with Gasteiger partial charge in [0.1, 0.15) is 17.2 Å². The van der Waals surface area contributed by atoms with Crippen molar-refractivity contribution in [2.45, 2.75) is 0 Å². The summed E-state index contributed by atoms with van der Waals surface area (Å²) in [7, 11) is 0. The third kappa shape index (κ3) is 1.89. The molecule has 0 fully saturated rings. The summed E-state index contributed by atoms with van der Waals surface area (Å²) in [5, 5.41) is 25.9. The van der Waals surface area contributed by atoms with E-state index in [2.05, 4.69) is 5.16 Å². The van der Waals surface area contributed by atoms with Crippen LogP contribution in [-0.2, 0) is 0 Å². The smallest absolute Gasteiger partial charge is 0.171 e. The Morgan fingerprint density at radius 2 is 1.48 bits per heavy atom. The molecule has 0 aliphatic heterocycles. The average molecular weight is 277 g/mol. The lowest BCUT2D eigenvalue weighted by atomic mass is 10.0. The lowest BCUT2D eigenvalue weighted by Crippen LogP contribution is -1.80. The lowest BCUT2D eigenvalue weighted by molar-refractivity contribution is 0.451. The van der Waals surface area contributed by atoms with Crippen LogP contribution in [0.15, 0.2) is 59.1 Å². The van der Waals surface area contributed by atoms with Crippen LogP contribution in [0.25, 0.3) is 33.0 Å². The second kappa shape index (κ2) is 4.24. The third-order valence-electron chi connectivity index (χ3n) is 3.55. The van der Waals surface area contributed by atoms with Crippen LogP contribution in [-0.4, -0.2) is 15.4 Å². The van der Waals surface area contributed by atoms with E-state index in [4.69, 9.17) is 4.52 Å². The number of fused-ring (bicyclic) bond motifs is 2. The largest absolute Gasteiger partial charge is 0.508 e. The minimum absolute atomic E-state index is 0.152. The van der Waals surface area contributed by atoms with Gasteiger partial charge in [-0.3, -0.25) is 0 Å². The number of nitrogens with zero attached hydrogens (tertiary/aromatic N) is 1. The molecule has 3 aromatic carbocycles. The standard InChI is InChI=1S/C17H11NO3/c19-13-4-3-10-7-12(2-1-11(10)8-13)17-15-6-5-14(20)9-16(15)21-18-17/h1-9,19-20H. The quantitative estimate of drug-likeness (QED) is 0.550. The first kappa shape index (κ1) is 11.8. The molecular formula is C17H11NO3. The van der Waals surface area contributed by atoms with E-state index in [0.29, 0.717) is 5.58 Å². The number of aromatic nitrogens is 1. The SMILES string of the molecule is Oc1ccc2cc(-c3noc4cc(O)ccc34)ccc2c1. The van der Waals surface area contributed by atoms with Gasteiger partial charge < -0.3 is 14.7 Å². The Balaban J connectivity index is 1.93. The van der Waals surface area contributed by atoms with Gasteiger partial charge in [-0.05, 0) is 41.1 Å². The fourth-order valence-corrected chi connectivity index (χ4v) is 2.51. The normalized spacial score (nSPS) is 11.2. The zero-order valence-electron chi connectivity index (χ0n) is 10.9. The zero-order valence-corrected chi connectivity index (χ0v) is 10.9. The summed E-state index contributed by atoms with van der Waals surface area (Å²) in [5.41, 5.74) is 2.22. The summed E-state index contributed by atoms with van der Waals surface area (Å²) in [6.45, 7) is 0. The molecule has 0 bridgehead atoms. The van der Waals surface area contributed by atoms with Crippen molar-refractivity contribution in [2.24, 2.45) is 0 Å². The third-order valence-corrected chi connectivity index (χ3v) is 3.55. The van der Waals surface area contributed by atoms with Gasteiger partial charge in [-0.15, -0.1) is 0 Å². The first-order valence-electron chi connectivity index (χ1n) is 6.52. The molecule has 0 unspecified atom stereocenters. The maximum Gasteiger partial charge on any atom is 0.171 e. The maximum absolute atomic E-state index is 9.50. The first-order chi connectivity index (χ1) is 10.2. The number of rotatable bonds is 1. The van der Waals surface area contributed by atoms with E-state index in [1.54, 1.807) is 30.3 Å². The first-order valence-corrected chi connectivity index (χ1v) is 6.52. The highest BCUT2D eigenvalue weighted by atomic mass is 16.5. The van der Waals surface area contributed by atoms with Crippen molar-refractivity contribution in [3.8, 4) is 22.8 Å². The molecule has 4 aromatic rings. The van der Waals surface area contributed by atoms with E-state index in [-0.39, 0.29) is 11.5 Å². The molecule has 4 heteroatoms. The molecule has 102 valence electrons. The van der Waals surface area contributed by atoms with Crippen molar-refractivity contribution in [1.29, 1.82) is 0 Å². The molecule has 0 saturated heterocycles. The zero-order chi connectivity index (χ0) is 14.4. The minimum Gasteiger partial charge on any atom is -0.508 e. The summed E-state index contributed by atoms with van der Waals surface area (Å²) < 4.78 is 5.27. The Kier molecular flexibility index (Phi) is 2.38. The molecule has 21 heavy (non-hydrogen) atoms. The van der Waals surface area contributed by atoms with E-state index < -0.39 is 0 Å². The number of hydrogen-bond acceptors (Lipinski definition) is 4. The average Bonchev–Trinajstić information content (AvgIpc) is 2.89. The summed E-state index contributed by atoms with van der Waals surface area (Å²) in [4.78, 5) is 0. The van der Waals surface area contributed by atoms with Crippen molar-refractivity contribution < 1.29 is 14.7 Å². The molecule has 0 saturated carbocycles. The number of phenolic OH excluding ortho intramolecular Hbond substituents is 2. The van der Waals surface area contributed by atoms with E-state index in [1.165, 1.54) is 0 Å². The molecule has 2 N–H and O–H groups in total. The number of aromatic hydroxyl groups is 2. The molecule has 4 rings (SSSR count). The van der Waals surface area contributed by atoms with Crippen LogP contribution in [0.1, 0.15) is 0 Å². The Bertz CT molecular complexity index is 972. The molecule has 1 heterocycles. The predicted molar refractivity (Wildman–Crippen MR) is 80.3 cm³/mol. The molecule has 0 aliphatic rings. The van der Waals surface area contributed by atoms with Crippen LogP contribution in [0, 0.1) is 0 Å². The minimum atomic E-state index is 0.152. The van der Waals surface area contributed by atoms with Gasteiger partial charge in [-0.1, -0.05) is 23.4 Å². The van der Waals surface area contributed by atoms with Gasteiger partial charge >= 0.3 is 0 Å². The second-order valence-electron chi connectivity index (χ2n) is 4.96. The fourth-order valence-electron chi connectivity index (χ4n) is 2.51. The van der Waals surface area contributed by atoms with Crippen LogP contribution in [0.5, 0.6) is 11.5 Å². The Morgan fingerprint density at radius 1 is 0.762 bits per heavy atom. The van der Waals surface area contributed by atoms with Gasteiger partial charge in [-0.2, -0.15) is 0 Å². The topological polar surface area (TPSA) is 66.5 Å². The van der Waals surface area contributed by atoms with Crippen molar-refractivity contribution in [3.63, 3.8) is 0 Å².